The molecule has 0 saturated heterocycles. The molecule has 0 radical (unpaired) electrons. The van der Waals surface area contributed by atoms with Crippen LogP contribution in [0.25, 0.3) is 0 Å². The van der Waals surface area contributed by atoms with Gasteiger partial charge in [0, 0.05) is 13.1 Å². The van der Waals surface area contributed by atoms with Gasteiger partial charge < -0.3 is 5.32 Å². The molecule has 0 aromatic carbocycles. The molecule has 0 unspecified atom stereocenters. The first-order chi connectivity index (χ1) is 4.72. The van der Waals surface area contributed by atoms with Crippen LogP contribution in [0.2, 0.25) is 0 Å². The van der Waals surface area contributed by atoms with E-state index in [1.165, 1.54) is 0 Å². The second-order valence-corrected chi connectivity index (χ2v) is 3.42. The van der Waals surface area contributed by atoms with Crippen LogP contribution >= 0.6 is 0 Å². The molecule has 1 atom stereocenters. The van der Waals surface area contributed by atoms with Crippen LogP contribution in [0, 0.1) is 11.8 Å². The number of rotatable bonds is 1. The van der Waals surface area contributed by atoms with Gasteiger partial charge in [-0.25, -0.2) is 0 Å². The summed E-state index contributed by atoms with van der Waals surface area (Å²) < 4.78 is 0. The Morgan fingerprint density at radius 1 is 1.60 bits per heavy atom. The zero-order valence-electron chi connectivity index (χ0n) is 7.15. The smallest absolute Gasteiger partial charge is 0.0137 e. The quantitative estimate of drug-likeness (QED) is 0.546. The first kappa shape index (κ1) is 7.80. The van der Waals surface area contributed by atoms with Gasteiger partial charge >= 0.3 is 0 Å². The molecule has 1 rings (SSSR count). The highest BCUT2D eigenvalue weighted by molar-refractivity contribution is 5.12. The van der Waals surface area contributed by atoms with Gasteiger partial charge in [-0.1, -0.05) is 32.4 Å². The number of nitrogens with one attached hydrogen (secondary N) is 1. The van der Waals surface area contributed by atoms with Crippen molar-refractivity contribution in [3.63, 3.8) is 0 Å². The van der Waals surface area contributed by atoms with Gasteiger partial charge in [-0.15, -0.1) is 0 Å². The fourth-order valence-electron chi connectivity index (χ4n) is 1.61. The van der Waals surface area contributed by atoms with E-state index < -0.39 is 0 Å². The van der Waals surface area contributed by atoms with Crippen LogP contribution in [0.3, 0.4) is 0 Å². The highest BCUT2D eigenvalue weighted by Gasteiger charge is 2.14. The maximum absolute atomic E-state index is 3.34. The lowest BCUT2D eigenvalue weighted by Crippen LogP contribution is -2.29. The zero-order valence-corrected chi connectivity index (χ0v) is 7.15. The van der Waals surface area contributed by atoms with Crippen LogP contribution in [-0.2, 0) is 0 Å². The Morgan fingerprint density at radius 2 is 2.30 bits per heavy atom. The standard InChI is InChI=1S/C9H17N/c1-7(2)9-4-5-10-6-8(9)3/h4,7-8,10H,5-6H2,1-3H3/t8-/m0/s1. The molecule has 58 valence electrons. The summed E-state index contributed by atoms with van der Waals surface area (Å²) in [5, 5.41) is 3.34. The second kappa shape index (κ2) is 3.20. The second-order valence-electron chi connectivity index (χ2n) is 3.42. The lowest BCUT2D eigenvalue weighted by molar-refractivity contribution is 0.512. The van der Waals surface area contributed by atoms with Gasteiger partial charge in [-0.3, -0.25) is 0 Å². The average Bonchev–Trinajstić information content (AvgIpc) is 1.88. The van der Waals surface area contributed by atoms with E-state index in [0.29, 0.717) is 0 Å². The Labute approximate surface area is 63.5 Å². The van der Waals surface area contributed by atoms with Gasteiger partial charge in [0.1, 0.15) is 0 Å². The van der Waals surface area contributed by atoms with E-state index >= 15 is 0 Å². The van der Waals surface area contributed by atoms with Gasteiger partial charge in [0.2, 0.25) is 0 Å². The summed E-state index contributed by atoms with van der Waals surface area (Å²) in [5.74, 6) is 1.48. The van der Waals surface area contributed by atoms with E-state index in [0.717, 1.165) is 24.9 Å². The van der Waals surface area contributed by atoms with Crippen LogP contribution in [0.4, 0.5) is 0 Å². The lowest BCUT2D eigenvalue weighted by Gasteiger charge is -2.24. The zero-order chi connectivity index (χ0) is 7.56. The summed E-state index contributed by atoms with van der Waals surface area (Å²) >= 11 is 0. The molecular formula is C9H17N. The van der Waals surface area contributed by atoms with Crippen LogP contribution in [0.15, 0.2) is 11.6 Å². The molecule has 0 fully saturated rings. The molecule has 10 heavy (non-hydrogen) atoms. The minimum absolute atomic E-state index is 0.733. The summed E-state index contributed by atoms with van der Waals surface area (Å²) in [6, 6.07) is 0. The molecule has 1 heterocycles. The summed E-state index contributed by atoms with van der Waals surface area (Å²) in [5.41, 5.74) is 1.62. The van der Waals surface area contributed by atoms with Crippen molar-refractivity contribution < 1.29 is 0 Å². The van der Waals surface area contributed by atoms with E-state index in [1.54, 1.807) is 5.57 Å². The molecule has 0 saturated carbocycles. The van der Waals surface area contributed by atoms with Crippen molar-refractivity contribution in [2.24, 2.45) is 11.8 Å². The summed E-state index contributed by atoms with van der Waals surface area (Å²) in [4.78, 5) is 0. The third-order valence-electron chi connectivity index (χ3n) is 2.17. The van der Waals surface area contributed by atoms with Crippen LogP contribution < -0.4 is 5.32 Å². The van der Waals surface area contributed by atoms with Gasteiger partial charge in [-0.05, 0) is 11.8 Å². The number of hydrogen-bond acceptors (Lipinski definition) is 1. The fourth-order valence-corrected chi connectivity index (χ4v) is 1.61. The molecule has 0 aromatic heterocycles. The molecule has 0 amide bonds. The third-order valence-corrected chi connectivity index (χ3v) is 2.17. The third kappa shape index (κ3) is 1.60. The van der Waals surface area contributed by atoms with Gasteiger partial charge in [-0.2, -0.15) is 0 Å². The maximum Gasteiger partial charge on any atom is 0.0137 e. The normalized spacial score (nSPS) is 26.8. The predicted molar refractivity (Wildman–Crippen MR) is 45.0 cm³/mol. The highest BCUT2D eigenvalue weighted by Crippen LogP contribution is 2.20. The van der Waals surface area contributed by atoms with Crippen LogP contribution in [0.5, 0.6) is 0 Å². The Hall–Kier alpha value is -0.300. The summed E-state index contributed by atoms with van der Waals surface area (Å²) in [6.07, 6.45) is 2.33. The number of hydrogen-bond donors (Lipinski definition) is 1. The molecule has 0 bridgehead atoms. The van der Waals surface area contributed by atoms with Crippen molar-refractivity contribution >= 4 is 0 Å². The van der Waals surface area contributed by atoms with E-state index in [2.05, 4.69) is 32.2 Å². The molecule has 0 aliphatic carbocycles. The Kier molecular flexibility index (Phi) is 2.50. The SMILES string of the molecule is CC(C)C1=CCNC[C@@H]1C. The molecule has 0 spiro atoms. The fraction of sp³-hybridized carbons (Fsp3) is 0.778. The van der Waals surface area contributed by atoms with Crippen molar-refractivity contribution in [1.29, 1.82) is 0 Å². The van der Waals surface area contributed by atoms with Crippen molar-refractivity contribution in [3.05, 3.63) is 11.6 Å². The lowest BCUT2D eigenvalue weighted by atomic mass is 9.89. The average molecular weight is 139 g/mol. The van der Waals surface area contributed by atoms with E-state index in [4.69, 9.17) is 0 Å². The monoisotopic (exact) mass is 139 g/mol. The van der Waals surface area contributed by atoms with Crippen LogP contribution in [0.1, 0.15) is 20.8 Å². The van der Waals surface area contributed by atoms with Gasteiger partial charge in [0.05, 0.1) is 0 Å². The maximum atomic E-state index is 3.34. The molecule has 0 aromatic rings. The van der Waals surface area contributed by atoms with E-state index in [1.807, 2.05) is 0 Å². The Bertz CT molecular complexity index is 136. The van der Waals surface area contributed by atoms with Gasteiger partial charge in [0.15, 0.2) is 0 Å². The molecule has 1 heteroatoms. The highest BCUT2D eigenvalue weighted by atomic mass is 14.9. The van der Waals surface area contributed by atoms with E-state index in [9.17, 15) is 0 Å². The topological polar surface area (TPSA) is 12.0 Å². The first-order valence-electron chi connectivity index (χ1n) is 4.12. The summed E-state index contributed by atoms with van der Waals surface area (Å²) in [7, 11) is 0. The van der Waals surface area contributed by atoms with Crippen molar-refractivity contribution in [2.45, 2.75) is 20.8 Å². The molecule has 1 aliphatic rings. The van der Waals surface area contributed by atoms with Gasteiger partial charge in [0.25, 0.3) is 0 Å². The van der Waals surface area contributed by atoms with Crippen LogP contribution in [-0.4, -0.2) is 13.1 Å². The predicted octanol–water partition coefficient (Wildman–Crippen LogP) is 1.81. The van der Waals surface area contributed by atoms with Crippen molar-refractivity contribution in [3.8, 4) is 0 Å². The summed E-state index contributed by atoms with van der Waals surface area (Å²) in [6.45, 7) is 9.06. The minimum atomic E-state index is 0.733. The van der Waals surface area contributed by atoms with Crippen molar-refractivity contribution in [2.75, 3.05) is 13.1 Å². The van der Waals surface area contributed by atoms with Crippen molar-refractivity contribution in [1.82, 2.24) is 5.32 Å². The first-order valence-corrected chi connectivity index (χ1v) is 4.12. The largest absolute Gasteiger partial charge is 0.313 e. The Balaban J connectivity index is 2.61. The molecule has 1 N–H and O–H groups in total. The molecule has 1 aliphatic heterocycles. The van der Waals surface area contributed by atoms with E-state index in [-0.39, 0.29) is 0 Å². The molecular weight excluding hydrogens is 122 g/mol. The molecule has 1 nitrogen and oxygen atoms in total. The Morgan fingerprint density at radius 3 is 2.70 bits per heavy atom. The minimum Gasteiger partial charge on any atom is -0.313 e.